The van der Waals surface area contributed by atoms with Crippen LogP contribution in [0.2, 0.25) is 0 Å². The normalized spacial score (nSPS) is 24.9. The maximum Gasteiger partial charge on any atom is 0.243 e. The molecule has 4 bridgehead atoms. The van der Waals surface area contributed by atoms with Gasteiger partial charge in [0.15, 0.2) is 0 Å². The molecule has 5 aromatic rings. The molecule has 4 aliphatic carbocycles. The van der Waals surface area contributed by atoms with Crippen molar-refractivity contribution >= 4 is 61.9 Å². The van der Waals surface area contributed by atoms with E-state index < -0.39 is 47.3 Å². The van der Waals surface area contributed by atoms with E-state index in [9.17, 15) is 24.0 Å². The molecule has 0 spiro atoms. The first-order chi connectivity index (χ1) is 30.4. The molecule has 5 fully saturated rings. The number of piperidine rings is 1. The number of para-hydroxylation sites is 1. The SMILES string of the molecule is NC(=O)C1(NC(=O)[C@H](Cc2ccccc2)NC(=O)[C@@H](Cc2c[nH]c3ccccc23)NC(=O)[C@@H](Cc2csc3ccccc23)NC(=O)CC23CC4CC(CC(N)(C4)C2)C3)CCNCC1. The van der Waals surface area contributed by atoms with Crippen LogP contribution in [-0.2, 0) is 43.2 Å². The van der Waals surface area contributed by atoms with Gasteiger partial charge in [-0.15, -0.1) is 11.3 Å². The molecule has 5 amide bonds. The number of aromatic nitrogens is 1. The Labute approximate surface area is 371 Å². The molecule has 330 valence electrons. The number of H-pyrrole nitrogens is 1. The molecule has 13 nitrogen and oxygen atoms in total. The molecule has 0 radical (unpaired) electrons. The van der Waals surface area contributed by atoms with Gasteiger partial charge in [0, 0.05) is 53.0 Å². The average Bonchev–Trinajstić information content (AvgIpc) is 3.86. The second-order valence-corrected chi connectivity index (χ2v) is 20.1. The Balaban J connectivity index is 1.01. The predicted octanol–water partition coefficient (Wildman–Crippen LogP) is 4.28. The van der Waals surface area contributed by atoms with Gasteiger partial charge in [0.05, 0.1) is 0 Å². The average molecular weight is 871 g/mol. The maximum atomic E-state index is 14.9. The second kappa shape index (κ2) is 17.5. The number of rotatable bonds is 16. The molecule has 4 saturated carbocycles. The lowest BCUT2D eigenvalue weighted by atomic mass is 9.46. The first kappa shape index (κ1) is 42.7. The number of benzene rings is 3. The summed E-state index contributed by atoms with van der Waals surface area (Å²) < 4.78 is 1.07. The Hall–Kier alpha value is -5.57. The summed E-state index contributed by atoms with van der Waals surface area (Å²) in [4.78, 5) is 74.4. The van der Waals surface area contributed by atoms with Gasteiger partial charge in [-0.05, 0) is 121 Å². The van der Waals surface area contributed by atoms with Gasteiger partial charge in [-0.2, -0.15) is 0 Å². The lowest BCUT2D eigenvalue weighted by molar-refractivity contribution is -0.137. The van der Waals surface area contributed by atoms with Gasteiger partial charge in [0.25, 0.3) is 0 Å². The summed E-state index contributed by atoms with van der Waals surface area (Å²) in [5.41, 5.74) is 14.5. The molecule has 2 unspecified atom stereocenters. The van der Waals surface area contributed by atoms with Crippen LogP contribution in [0.1, 0.15) is 74.5 Å². The van der Waals surface area contributed by atoms with Crippen molar-refractivity contribution in [1.29, 1.82) is 0 Å². The van der Waals surface area contributed by atoms with E-state index in [1.54, 1.807) is 11.3 Å². The van der Waals surface area contributed by atoms with Crippen LogP contribution in [-0.4, -0.2) is 76.8 Å². The van der Waals surface area contributed by atoms with Crippen LogP contribution >= 0.6 is 11.3 Å². The van der Waals surface area contributed by atoms with Crippen LogP contribution in [0, 0.1) is 17.3 Å². The van der Waals surface area contributed by atoms with Crippen molar-refractivity contribution < 1.29 is 24.0 Å². The fourth-order valence-electron chi connectivity index (χ4n) is 11.9. The number of carbonyl (C=O) groups excluding carboxylic acids is 5. The van der Waals surface area contributed by atoms with Gasteiger partial charge in [-0.25, -0.2) is 0 Å². The Morgan fingerprint density at radius 3 is 2.03 bits per heavy atom. The van der Waals surface area contributed by atoms with Gasteiger partial charge in [0.2, 0.25) is 29.5 Å². The zero-order valence-corrected chi connectivity index (χ0v) is 36.4. The standard InChI is InChI=1S/C49H58N8O5S/c50-46(62)49(14-16-52-17-15-49)57-45(61)38(19-30-8-2-1-3-9-30)55-44(60)40(20-33-27-53-37-12-6-4-10-35(33)37)56-43(59)39(21-34-28-63-41-13-7-5-11-36(34)41)54-42(58)26-47-22-31-18-32(23-47)25-48(51,24-31)29-47/h1-13,27-28,31-32,38-40,52-53H,14-26,29,51H2,(H2,50,62)(H,54,58)(H,55,60)(H,56,59)(H,57,61)/t31?,32?,38-,39+,40+,47?,48?/m0/s1. The van der Waals surface area contributed by atoms with E-state index in [4.69, 9.17) is 11.5 Å². The molecule has 10 N–H and O–H groups in total. The minimum atomic E-state index is -1.28. The molecule has 3 heterocycles. The number of carbonyl (C=O) groups is 5. The topological polar surface area (TPSA) is 213 Å². The van der Waals surface area contributed by atoms with Crippen molar-refractivity contribution in [3.05, 3.63) is 107 Å². The third-order valence-corrected chi connectivity index (χ3v) is 15.4. The van der Waals surface area contributed by atoms with Crippen LogP contribution in [0.4, 0.5) is 0 Å². The molecule has 5 atom stereocenters. The molecule has 1 aliphatic heterocycles. The molecule has 2 aromatic heterocycles. The number of amides is 5. The summed E-state index contributed by atoms with van der Waals surface area (Å²) in [6.07, 6.45) is 9.13. The lowest BCUT2D eigenvalue weighted by Crippen LogP contribution is -2.65. The number of primary amides is 1. The quantitative estimate of drug-likeness (QED) is 0.0721. The monoisotopic (exact) mass is 870 g/mol. The first-order valence-corrected chi connectivity index (χ1v) is 23.3. The maximum absolute atomic E-state index is 14.9. The van der Waals surface area contributed by atoms with E-state index in [-0.39, 0.29) is 36.1 Å². The summed E-state index contributed by atoms with van der Waals surface area (Å²) in [5, 5.41) is 19.2. The summed E-state index contributed by atoms with van der Waals surface area (Å²) in [5.74, 6) is -1.43. The minimum Gasteiger partial charge on any atom is -0.368 e. The number of hydrogen-bond donors (Lipinski definition) is 8. The minimum absolute atomic E-state index is 0.0880. The molecule has 3 aromatic carbocycles. The van der Waals surface area contributed by atoms with E-state index >= 15 is 0 Å². The summed E-state index contributed by atoms with van der Waals surface area (Å²) >= 11 is 1.58. The fourth-order valence-corrected chi connectivity index (χ4v) is 12.9. The van der Waals surface area contributed by atoms with Crippen molar-refractivity contribution in [3.63, 3.8) is 0 Å². The van der Waals surface area contributed by atoms with Crippen molar-refractivity contribution in [3.8, 4) is 0 Å². The number of aromatic amines is 1. The Morgan fingerprint density at radius 2 is 1.33 bits per heavy atom. The van der Waals surface area contributed by atoms with E-state index in [0.29, 0.717) is 44.2 Å². The zero-order valence-electron chi connectivity index (χ0n) is 35.6. The van der Waals surface area contributed by atoms with Crippen molar-refractivity contribution in [2.45, 2.75) is 106 Å². The predicted molar refractivity (Wildman–Crippen MR) is 244 cm³/mol. The number of hydrogen-bond acceptors (Lipinski definition) is 8. The Morgan fingerprint density at radius 1 is 0.714 bits per heavy atom. The molecule has 63 heavy (non-hydrogen) atoms. The Kier molecular flexibility index (Phi) is 11.9. The van der Waals surface area contributed by atoms with Gasteiger partial charge in [-0.1, -0.05) is 66.7 Å². The molecular formula is C49H58N8O5S. The largest absolute Gasteiger partial charge is 0.368 e. The fraction of sp³-hybridized carbons (Fsp3) is 0.449. The zero-order chi connectivity index (χ0) is 43.8. The smallest absolute Gasteiger partial charge is 0.243 e. The molecule has 14 heteroatoms. The number of fused-ring (bicyclic) bond motifs is 2. The molecule has 10 rings (SSSR count). The van der Waals surface area contributed by atoms with Gasteiger partial charge < -0.3 is 43.0 Å². The summed E-state index contributed by atoms with van der Waals surface area (Å²) in [7, 11) is 0. The third-order valence-electron chi connectivity index (χ3n) is 14.3. The van der Waals surface area contributed by atoms with Crippen LogP contribution in [0.25, 0.3) is 21.0 Å². The van der Waals surface area contributed by atoms with E-state index in [1.807, 2.05) is 90.4 Å². The van der Waals surface area contributed by atoms with Gasteiger partial charge >= 0.3 is 0 Å². The van der Waals surface area contributed by atoms with Crippen molar-refractivity contribution in [2.75, 3.05) is 13.1 Å². The van der Waals surface area contributed by atoms with E-state index in [0.717, 1.165) is 69.8 Å². The van der Waals surface area contributed by atoms with Crippen molar-refractivity contribution in [1.82, 2.24) is 31.6 Å². The van der Waals surface area contributed by atoms with Crippen molar-refractivity contribution in [2.24, 2.45) is 28.7 Å². The number of thiophene rings is 1. The number of nitrogens with one attached hydrogen (secondary N) is 6. The summed E-state index contributed by atoms with van der Waals surface area (Å²) in [6, 6.07) is 21.7. The van der Waals surface area contributed by atoms with E-state index in [1.165, 1.54) is 6.42 Å². The highest BCUT2D eigenvalue weighted by Gasteiger charge is 2.56. The highest BCUT2D eigenvalue weighted by molar-refractivity contribution is 7.17. The second-order valence-electron chi connectivity index (χ2n) is 19.1. The van der Waals surface area contributed by atoms with Crippen LogP contribution < -0.4 is 38.1 Å². The third kappa shape index (κ3) is 9.25. The number of nitrogens with two attached hydrogens (primary N) is 2. The highest BCUT2D eigenvalue weighted by Crippen LogP contribution is 2.62. The molecular weight excluding hydrogens is 813 g/mol. The first-order valence-electron chi connectivity index (χ1n) is 22.4. The van der Waals surface area contributed by atoms with Crippen LogP contribution in [0.15, 0.2) is 90.4 Å². The van der Waals surface area contributed by atoms with Crippen LogP contribution in [0.5, 0.6) is 0 Å². The Bertz CT molecular complexity index is 2500. The summed E-state index contributed by atoms with van der Waals surface area (Å²) in [6.45, 7) is 0.985. The van der Waals surface area contributed by atoms with Gasteiger partial charge in [0.1, 0.15) is 23.7 Å². The highest BCUT2D eigenvalue weighted by atomic mass is 32.1. The molecule has 5 aliphatic rings. The van der Waals surface area contributed by atoms with Gasteiger partial charge in [-0.3, -0.25) is 24.0 Å². The lowest BCUT2D eigenvalue weighted by Gasteiger charge is -2.61. The molecule has 1 saturated heterocycles. The van der Waals surface area contributed by atoms with E-state index in [2.05, 4.69) is 31.6 Å². The van der Waals surface area contributed by atoms with Crippen LogP contribution in [0.3, 0.4) is 0 Å².